The smallest absolute Gasteiger partial charge is 0.219 e. The fourth-order valence-electron chi connectivity index (χ4n) is 1.39. The number of guanidine groups is 1. The first-order chi connectivity index (χ1) is 8.65. The first-order valence-electron chi connectivity index (χ1n) is 5.60. The van der Waals surface area contributed by atoms with Crippen molar-refractivity contribution in [2.24, 2.45) is 15.0 Å². The van der Waals surface area contributed by atoms with Crippen LogP contribution in [0.25, 0.3) is 0 Å². The molecule has 0 aliphatic heterocycles. The molecule has 1 unspecified atom stereocenters. The van der Waals surface area contributed by atoms with Gasteiger partial charge in [-0.1, -0.05) is 11.6 Å². The van der Waals surface area contributed by atoms with Gasteiger partial charge in [0.15, 0.2) is 0 Å². The van der Waals surface area contributed by atoms with E-state index in [1.54, 1.807) is 18.4 Å². The molecule has 0 aliphatic rings. The van der Waals surface area contributed by atoms with Crippen LogP contribution in [-0.4, -0.2) is 32.1 Å². The predicted octanol–water partition coefficient (Wildman–Crippen LogP) is 3.03. The van der Waals surface area contributed by atoms with E-state index in [0.717, 1.165) is 17.9 Å². The predicted molar refractivity (Wildman–Crippen MR) is 81.6 cm³/mol. The molecule has 0 bridgehead atoms. The lowest BCUT2D eigenvalue weighted by atomic mass is 10.1. The summed E-state index contributed by atoms with van der Waals surface area (Å²) in [4.78, 5) is 12.9. The molecule has 1 atom stereocenters. The Morgan fingerprint density at radius 2 is 2.44 bits per heavy atom. The zero-order valence-corrected chi connectivity index (χ0v) is 12.1. The third-order valence-electron chi connectivity index (χ3n) is 2.29. The normalized spacial score (nSPS) is 13.8. The Hall–Kier alpha value is -1.20. The number of thiophene rings is 1. The Balaban J connectivity index is 2.38. The van der Waals surface area contributed by atoms with Crippen LogP contribution >= 0.6 is 22.9 Å². The van der Waals surface area contributed by atoms with E-state index >= 15 is 0 Å². The molecular weight excluding hydrogens is 268 g/mol. The Labute approximate surface area is 117 Å². The number of hydrogen-bond acceptors (Lipinski definition) is 2. The summed E-state index contributed by atoms with van der Waals surface area (Å²) in [5.41, 5.74) is 0. The van der Waals surface area contributed by atoms with Gasteiger partial charge in [0.2, 0.25) is 5.96 Å². The Bertz CT molecular complexity index is 439. The summed E-state index contributed by atoms with van der Waals surface area (Å²) in [6.45, 7) is 5.43. The van der Waals surface area contributed by atoms with Crippen molar-refractivity contribution in [2.45, 2.75) is 25.8 Å². The zero-order valence-electron chi connectivity index (χ0n) is 10.6. The number of aliphatic imine (C=N–C) groups is 3. The molecule has 1 aromatic heterocycles. The monoisotopic (exact) mass is 284 g/mol. The summed E-state index contributed by atoms with van der Waals surface area (Å²) in [5, 5.41) is 5.98. The van der Waals surface area contributed by atoms with Crippen molar-refractivity contribution in [1.82, 2.24) is 5.32 Å². The number of nitrogens with zero attached hydrogens (tertiary/aromatic N) is 3. The standard InChI is InChI=1S/C12H17ClN4S/c1-9(17-12(15-3)16-8-14-2)4-5-11-6-10(13)7-18-11/h6-9H,2,4-5H2,1,3H3,(H,15,17)/b16-8-. The van der Waals surface area contributed by atoms with E-state index in [2.05, 4.69) is 33.9 Å². The van der Waals surface area contributed by atoms with Gasteiger partial charge in [0.05, 0.1) is 5.02 Å². The van der Waals surface area contributed by atoms with Crippen molar-refractivity contribution in [3.63, 3.8) is 0 Å². The lowest BCUT2D eigenvalue weighted by molar-refractivity contribution is 0.606. The molecule has 1 N–H and O–H groups in total. The summed E-state index contributed by atoms with van der Waals surface area (Å²) in [6.07, 6.45) is 3.36. The molecule has 98 valence electrons. The van der Waals surface area contributed by atoms with Crippen LogP contribution in [0.1, 0.15) is 18.2 Å². The van der Waals surface area contributed by atoms with E-state index < -0.39 is 0 Å². The molecule has 1 rings (SSSR count). The minimum atomic E-state index is 0.284. The molecule has 0 saturated heterocycles. The maximum absolute atomic E-state index is 5.88. The van der Waals surface area contributed by atoms with Gasteiger partial charge in [-0.05, 0) is 32.5 Å². The molecule has 0 fully saturated rings. The quantitative estimate of drug-likeness (QED) is 0.656. The van der Waals surface area contributed by atoms with Crippen LogP contribution in [0.15, 0.2) is 26.4 Å². The van der Waals surface area contributed by atoms with Crippen molar-refractivity contribution >= 4 is 42.0 Å². The largest absolute Gasteiger partial charge is 0.352 e. The van der Waals surface area contributed by atoms with Crippen LogP contribution in [0.3, 0.4) is 0 Å². The third kappa shape index (κ3) is 5.42. The van der Waals surface area contributed by atoms with Crippen molar-refractivity contribution in [1.29, 1.82) is 0 Å². The Kier molecular flexibility index (Phi) is 6.60. The van der Waals surface area contributed by atoms with Crippen LogP contribution < -0.4 is 5.32 Å². The second-order valence-electron chi connectivity index (χ2n) is 3.79. The second kappa shape index (κ2) is 8.00. The fourth-order valence-corrected chi connectivity index (χ4v) is 2.48. The van der Waals surface area contributed by atoms with Gasteiger partial charge in [0.25, 0.3) is 0 Å². The molecule has 18 heavy (non-hydrogen) atoms. The molecule has 0 saturated carbocycles. The number of halogens is 1. The molecule has 6 heteroatoms. The van der Waals surface area contributed by atoms with E-state index in [1.165, 1.54) is 11.2 Å². The highest BCUT2D eigenvalue weighted by Crippen LogP contribution is 2.20. The number of nitrogens with one attached hydrogen (secondary N) is 1. The van der Waals surface area contributed by atoms with Gasteiger partial charge < -0.3 is 5.32 Å². The van der Waals surface area contributed by atoms with Gasteiger partial charge in [0.1, 0.15) is 6.34 Å². The summed E-state index contributed by atoms with van der Waals surface area (Å²) in [5.74, 6) is 0.569. The van der Waals surface area contributed by atoms with Crippen LogP contribution in [0.2, 0.25) is 5.02 Å². The maximum atomic E-state index is 5.88. The molecular formula is C12H17ClN4S. The summed E-state index contributed by atoms with van der Waals surface area (Å²) >= 11 is 7.57. The highest BCUT2D eigenvalue weighted by atomic mass is 35.5. The number of aryl methyl sites for hydroxylation is 1. The van der Waals surface area contributed by atoms with Gasteiger partial charge in [-0.25, -0.2) is 4.99 Å². The van der Waals surface area contributed by atoms with E-state index in [4.69, 9.17) is 11.6 Å². The molecule has 1 aromatic rings. The van der Waals surface area contributed by atoms with Gasteiger partial charge in [0, 0.05) is 23.3 Å². The molecule has 0 aromatic carbocycles. The first kappa shape index (κ1) is 14.9. The molecule has 0 aliphatic carbocycles. The molecule has 0 spiro atoms. The lowest BCUT2D eigenvalue weighted by Crippen LogP contribution is -2.31. The SMILES string of the molecule is C=N/C=N\C(=NC)NC(C)CCc1cc(Cl)cs1. The van der Waals surface area contributed by atoms with Crippen molar-refractivity contribution in [2.75, 3.05) is 7.05 Å². The second-order valence-corrected chi connectivity index (χ2v) is 5.22. The fraction of sp³-hybridized carbons (Fsp3) is 0.417. The minimum absolute atomic E-state index is 0.284. The lowest BCUT2D eigenvalue weighted by Gasteiger charge is -2.13. The van der Waals surface area contributed by atoms with E-state index in [1.807, 2.05) is 11.4 Å². The highest BCUT2D eigenvalue weighted by molar-refractivity contribution is 7.10. The summed E-state index contributed by atoms with van der Waals surface area (Å²) in [7, 11) is 1.69. The van der Waals surface area contributed by atoms with Crippen molar-refractivity contribution in [3.8, 4) is 0 Å². The molecule has 0 amide bonds. The summed E-state index contributed by atoms with van der Waals surface area (Å²) in [6, 6.07) is 2.29. The zero-order chi connectivity index (χ0) is 13.4. The average Bonchev–Trinajstić information content (AvgIpc) is 2.78. The molecule has 4 nitrogen and oxygen atoms in total. The topological polar surface area (TPSA) is 49.1 Å². The highest BCUT2D eigenvalue weighted by Gasteiger charge is 2.05. The van der Waals surface area contributed by atoms with E-state index in [0.29, 0.717) is 5.96 Å². The summed E-state index contributed by atoms with van der Waals surface area (Å²) < 4.78 is 0. The van der Waals surface area contributed by atoms with Gasteiger partial charge in [-0.3, -0.25) is 9.98 Å². The number of hydrogen-bond donors (Lipinski definition) is 1. The van der Waals surface area contributed by atoms with E-state index in [-0.39, 0.29) is 6.04 Å². The number of rotatable bonds is 5. The third-order valence-corrected chi connectivity index (χ3v) is 3.64. The minimum Gasteiger partial charge on any atom is -0.352 e. The van der Waals surface area contributed by atoms with Crippen LogP contribution in [0, 0.1) is 0 Å². The average molecular weight is 285 g/mol. The van der Waals surface area contributed by atoms with E-state index in [9.17, 15) is 0 Å². The Morgan fingerprint density at radius 3 is 3.00 bits per heavy atom. The maximum Gasteiger partial charge on any atom is 0.219 e. The van der Waals surface area contributed by atoms with Crippen LogP contribution in [-0.2, 0) is 6.42 Å². The molecule has 1 heterocycles. The molecule has 0 radical (unpaired) electrons. The van der Waals surface area contributed by atoms with Gasteiger partial charge >= 0.3 is 0 Å². The van der Waals surface area contributed by atoms with Crippen molar-refractivity contribution in [3.05, 3.63) is 21.3 Å². The van der Waals surface area contributed by atoms with Gasteiger partial charge in [-0.15, -0.1) is 11.3 Å². The van der Waals surface area contributed by atoms with Crippen LogP contribution in [0.5, 0.6) is 0 Å². The van der Waals surface area contributed by atoms with Crippen LogP contribution in [0.4, 0.5) is 0 Å². The van der Waals surface area contributed by atoms with Crippen molar-refractivity contribution < 1.29 is 0 Å². The first-order valence-corrected chi connectivity index (χ1v) is 6.86. The van der Waals surface area contributed by atoms with Gasteiger partial charge in [-0.2, -0.15) is 0 Å². The Morgan fingerprint density at radius 1 is 1.67 bits per heavy atom.